The number of anilines is 1. The lowest BCUT2D eigenvalue weighted by Gasteiger charge is -2.40. The minimum atomic E-state index is -1.06. The van der Waals surface area contributed by atoms with E-state index in [-0.39, 0.29) is 11.7 Å². The van der Waals surface area contributed by atoms with Crippen molar-refractivity contribution in [2.75, 3.05) is 18.0 Å². The summed E-state index contributed by atoms with van der Waals surface area (Å²) < 4.78 is 1.60. The quantitative estimate of drug-likeness (QED) is 0.867. The Hall–Kier alpha value is -2.51. The standard InChI is InChI=1S/C12H14N6O2/c1-7-3-13-8(2)11(14-7)17-4-9(5-17)18-6-10(12(19)20)15-16-18/h3,6,9H,4-5H2,1-2H3,(H,19,20). The molecule has 0 radical (unpaired) electrons. The van der Waals surface area contributed by atoms with Gasteiger partial charge in [-0.25, -0.2) is 14.5 Å². The molecule has 0 bridgehead atoms. The Balaban J connectivity index is 1.71. The van der Waals surface area contributed by atoms with Crippen molar-refractivity contribution in [2.24, 2.45) is 0 Å². The number of aromatic nitrogens is 5. The van der Waals surface area contributed by atoms with Gasteiger partial charge in [0.1, 0.15) is 5.82 Å². The molecule has 104 valence electrons. The second kappa shape index (κ2) is 4.55. The SMILES string of the molecule is Cc1cnc(C)c(N2CC(n3cc(C(=O)O)nn3)C2)n1. The van der Waals surface area contributed by atoms with E-state index >= 15 is 0 Å². The van der Waals surface area contributed by atoms with Crippen molar-refractivity contribution in [3.63, 3.8) is 0 Å². The average molecular weight is 274 g/mol. The molecule has 1 fully saturated rings. The first-order valence-electron chi connectivity index (χ1n) is 6.25. The van der Waals surface area contributed by atoms with Gasteiger partial charge in [-0.05, 0) is 13.8 Å². The first-order valence-corrected chi connectivity index (χ1v) is 6.25. The van der Waals surface area contributed by atoms with Gasteiger partial charge < -0.3 is 10.0 Å². The minimum Gasteiger partial charge on any atom is -0.476 e. The van der Waals surface area contributed by atoms with Crippen LogP contribution < -0.4 is 4.90 Å². The molecule has 0 aromatic carbocycles. The second-order valence-electron chi connectivity index (χ2n) is 4.87. The van der Waals surface area contributed by atoms with Crippen LogP contribution in [0.5, 0.6) is 0 Å². The molecule has 0 saturated carbocycles. The normalized spacial score (nSPS) is 15.2. The largest absolute Gasteiger partial charge is 0.476 e. The summed E-state index contributed by atoms with van der Waals surface area (Å²) in [5.41, 5.74) is 1.73. The molecule has 1 N–H and O–H groups in total. The van der Waals surface area contributed by atoms with Crippen LogP contribution in [0.3, 0.4) is 0 Å². The lowest BCUT2D eigenvalue weighted by molar-refractivity contribution is 0.0690. The lowest BCUT2D eigenvalue weighted by Crippen LogP contribution is -2.48. The summed E-state index contributed by atoms with van der Waals surface area (Å²) in [6, 6.07) is 0.123. The summed E-state index contributed by atoms with van der Waals surface area (Å²) in [5, 5.41) is 16.3. The summed E-state index contributed by atoms with van der Waals surface area (Å²) in [5.74, 6) is -0.187. The Bertz CT molecular complexity index is 662. The van der Waals surface area contributed by atoms with Crippen molar-refractivity contribution < 1.29 is 9.90 Å². The van der Waals surface area contributed by atoms with Crippen molar-refractivity contribution in [2.45, 2.75) is 19.9 Å². The molecule has 0 amide bonds. The van der Waals surface area contributed by atoms with E-state index in [0.717, 1.165) is 30.3 Å². The maximum Gasteiger partial charge on any atom is 0.358 e. The van der Waals surface area contributed by atoms with Crippen LogP contribution in [0, 0.1) is 13.8 Å². The summed E-state index contributed by atoms with van der Waals surface area (Å²) in [6.07, 6.45) is 3.20. The number of carboxylic acid groups (broad SMARTS) is 1. The molecule has 1 saturated heterocycles. The number of hydrogen-bond donors (Lipinski definition) is 1. The Kier molecular flexibility index (Phi) is 2.85. The van der Waals surface area contributed by atoms with Crippen LogP contribution in [0.4, 0.5) is 5.82 Å². The topological polar surface area (TPSA) is 97.0 Å². The molecule has 8 heteroatoms. The molecular weight excluding hydrogens is 260 g/mol. The fourth-order valence-corrected chi connectivity index (χ4v) is 2.17. The molecule has 2 aromatic heterocycles. The maximum absolute atomic E-state index is 10.8. The third-order valence-electron chi connectivity index (χ3n) is 3.32. The van der Waals surface area contributed by atoms with Crippen molar-refractivity contribution in [1.29, 1.82) is 0 Å². The number of hydrogen-bond acceptors (Lipinski definition) is 6. The van der Waals surface area contributed by atoms with E-state index in [9.17, 15) is 4.79 Å². The van der Waals surface area contributed by atoms with Crippen LogP contribution in [-0.2, 0) is 0 Å². The van der Waals surface area contributed by atoms with E-state index in [1.807, 2.05) is 13.8 Å². The Morgan fingerprint density at radius 2 is 2.15 bits per heavy atom. The van der Waals surface area contributed by atoms with Gasteiger partial charge in [-0.2, -0.15) is 0 Å². The van der Waals surface area contributed by atoms with Gasteiger partial charge in [-0.15, -0.1) is 5.10 Å². The van der Waals surface area contributed by atoms with E-state index < -0.39 is 5.97 Å². The number of nitrogens with zero attached hydrogens (tertiary/aromatic N) is 6. The monoisotopic (exact) mass is 274 g/mol. The number of carboxylic acids is 1. The molecule has 0 unspecified atom stereocenters. The molecule has 1 aliphatic heterocycles. The van der Waals surface area contributed by atoms with Crippen LogP contribution in [0.1, 0.15) is 27.9 Å². The molecule has 0 spiro atoms. The number of aryl methyl sites for hydroxylation is 2. The molecule has 0 atom stereocenters. The van der Waals surface area contributed by atoms with Gasteiger partial charge in [0.05, 0.1) is 23.6 Å². The summed E-state index contributed by atoms with van der Waals surface area (Å²) in [4.78, 5) is 21.6. The van der Waals surface area contributed by atoms with Crippen LogP contribution in [0.25, 0.3) is 0 Å². The van der Waals surface area contributed by atoms with Crippen molar-refractivity contribution in [1.82, 2.24) is 25.0 Å². The average Bonchev–Trinajstić information content (AvgIpc) is 2.81. The van der Waals surface area contributed by atoms with E-state index in [1.165, 1.54) is 6.20 Å². The predicted molar refractivity (Wildman–Crippen MR) is 69.7 cm³/mol. The van der Waals surface area contributed by atoms with E-state index in [4.69, 9.17) is 5.11 Å². The van der Waals surface area contributed by atoms with E-state index in [2.05, 4.69) is 25.2 Å². The van der Waals surface area contributed by atoms with Gasteiger partial charge in [-0.3, -0.25) is 4.98 Å². The highest BCUT2D eigenvalue weighted by Gasteiger charge is 2.31. The van der Waals surface area contributed by atoms with Gasteiger partial charge in [-0.1, -0.05) is 5.21 Å². The zero-order valence-corrected chi connectivity index (χ0v) is 11.2. The number of aromatic carboxylic acids is 1. The fraction of sp³-hybridized carbons (Fsp3) is 0.417. The first kappa shape index (κ1) is 12.5. The minimum absolute atomic E-state index is 0.0324. The Labute approximate surface area is 115 Å². The molecular formula is C12H14N6O2. The lowest BCUT2D eigenvalue weighted by atomic mass is 10.1. The molecule has 1 aliphatic rings. The van der Waals surface area contributed by atoms with Crippen LogP contribution >= 0.6 is 0 Å². The van der Waals surface area contributed by atoms with Crippen molar-refractivity contribution in [3.8, 4) is 0 Å². The highest BCUT2D eigenvalue weighted by Crippen LogP contribution is 2.27. The van der Waals surface area contributed by atoms with Crippen molar-refractivity contribution in [3.05, 3.63) is 29.5 Å². The van der Waals surface area contributed by atoms with Gasteiger partial charge >= 0.3 is 5.97 Å². The van der Waals surface area contributed by atoms with E-state index in [0.29, 0.717) is 0 Å². The van der Waals surface area contributed by atoms with Crippen molar-refractivity contribution >= 4 is 11.8 Å². The van der Waals surface area contributed by atoms with Crippen LogP contribution in [0.15, 0.2) is 12.4 Å². The summed E-state index contributed by atoms with van der Waals surface area (Å²) in [7, 11) is 0. The summed E-state index contributed by atoms with van der Waals surface area (Å²) in [6.45, 7) is 5.28. The van der Waals surface area contributed by atoms with Gasteiger partial charge in [0.2, 0.25) is 0 Å². The third kappa shape index (κ3) is 2.09. The van der Waals surface area contributed by atoms with E-state index in [1.54, 1.807) is 10.9 Å². The smallest absolute Gasteiger partial charge is 0.358 e. The van der Waals surface area contributed by atoms with Gasteiger partial charge in [0, 0.05) is 19.3 Å². The Morgan fingerprint density at radius 3 is 2.80 bits per heavy atom. The van der Waals surface area contributed by atoms with Crippen LogP contribution in [0.2, 0.25) is 0 Å². The second-order valence-corrected chi connectivity index (χ2v) is 4.87. The molecule has 3 rings (SSSR count). The van der Waals surface area contributed by atoms with Crippen LogP contribution in [-0.4, -0.2) is 49.1 Å². The van der Waals surface area contributed by atoms with Gasteiger partial charge in [0.15, 0.2) is 5.69 Å². The molecule has 8 nitrogen and oxygen atoms in total. The third-order valence-corrected chi connectivity index (χ3v) is 3.32. The maximum atomic E-state index is 10.8. The molecule has 2 aromatic rings. The van der Waals surface area contributed by atoms with Gasteiger partial charge in [0.25, 0.3) is 0 Å². The fourth-order valence-electron chi connectivity index (χ4n) is 2.17. The number of rotatable bonds is 3. The molecule has 3 heterocycles. The zero-order valence-electron chi connectivity index (χ0n) is 11.2. The first-order chi connectivity index (χ1) is 9.54. The predicted octanol–water partition coefficient (Wildman–Crippen LogP) is 0.444. The molecule has 20 heavy (non-hydrogen) atoms. The highest BCUT2D eigenvalue weighted by molar-refractivity contribution is 5.84. The summed E-state index contributed by atoms with van der Waals surface area (Å²) >= 11 is 0. The number of carbonyl (C=O) groups is 1. The highest BCUT2D eigenvalue weighted by atomic mass is 16.4. The molecule has 0 aliphatic carbocycles. The Morgan fingerprint density at radius 1 is 1.40 bits per heavy atom. The zero-order chi connectivity index (χ0) is 14.3.